The number of anilines is 2. The summed E-state index contributed by atoms with van der Waals surface area (Å²) in [5.74, 6) is -0.651. The molecule has 2 aromatic rings. The number of halogens is 5. The van der Waals surface area contributed by atoms with E-state index in [9.17, 15) is 13.2 Å². The summed E-state index contributed by atoms with van der Waals surface area (Å²) in [6.45, 7) is -0.556. The van der Waals surface area contributed by atoms with E-state index in [-0.39, 0.29) is 31.5 Å². The average Bonchev–Trinajstić information content (AvgIpc) is 2.51. The zero-order valence-corrected chi connectivity index (χ0v) is 17.7. The van der Waals surface area contributed by atoms with Crippen molar-refractivity contribution in [2.75, 3.05) is 22.4 Å². The van der Waals surface area contributed by atoms with Crippen molar-refractivity contribution >= 4 is 85.3 Å². The molecule has 0 radical (unpaired) electrons. The molecule has 140 valence electrons. The SMILES string of the molecule is CS(=O)(=O)N(CC(=O)Nc1cc(Cl)ccc1Cl)c1cc(Cl)c(Cl)cc1Cl. The van der Waals surface area contributed by atoms with Gasteiger partial charge in [-0.15, -0.1) is 0 Å². The first-order chi connectivity index (χ1) is 12.0. The molecule has 1 amide bonds. The Morgan fingerprint density at radius 1 is 0.962 bits per heavy atom. The highest BCUT2D eigenvalue weighted by atomic mass is 35.5. The van der Waals surface area contributed by atoms with E-state index in [0.717, 1.165) is 10.6 Å². The lowest BCUT2D eigenvalue weighted by atomic mass is 10.3. The van der Waals surface area contributed by atoms with Crippen molar-refractivity contribution in [1.82, 2.24) is 0 Å². The number of nitrogens with zero attached hydrogens (tertiary/aromatic N) is 1. The summed E-state index contributed by atoms with van der Waals surface area (Å²) in [5.41, 5.74) is 0.272. The number of benzene rings is 2. The third-order valence-electron chi connectivity index (χ3n) is 3.15. The third kappa shape index (κ3) is 5.31. The van der Waals surface area contributed by atoms with Crippen LogP contribution < -0.4 is 9.62 Å². The predicted octanol–water partition coefficient (Wildman–Crippen LogP) is 5.36. The topological polar surface area (TPSA) is 66.5 Å². The van der Waals surface area contributed by atoms with Crippen LogP contribution in [0.25, 0.3) is 0 Å². The maximum atomic E-state index is 12.3. The lowest BCUT2D eigenvalue weighted by Crippen LogP contribution is -2.37. The van der Waals surface area contributed by atoms with Gasteiger partial charge in [-0.3, -0.25) is 9.10 Å². The van der Waals surface area contributed by atoms with Crippen LogP contribution in [0, 0.1) is 0 Å². The van der Waals surface area contributed by atoms with Gasteiger partial charge in [0.15, 0.2) is 0 Å². The molecule has 0 aromatic heterocycles. The Balaban J connectivity index is 2.34. The maximum Gasteiger partial charge on any atom is 0.245 e. The Labute approximate surface area is 175 Å². The van der Waals surface area contributed by atoms with Crippen LogP contribution in [0.15, 0.2) is 30.3 Å². The van der Waals surface area contributed by atoms with E-state index in [1.54, 1.807) is 6.07 Å². The van der Waals surface area contributed by atoms with Gasteiger partial charge in [0, 0.05) is 5.02 Å². The number of amides is 1. The standard InChI is InChI=1S/C15H11Cl5N2O3S/c1-26(24,25)22(14-6-11(19)10(18)5-12(14)20)7-15(23)21-13-4-8(16)2-3-9(13)17/h2-6H,7H2,1H3,(H,21,23). The highest BCUT2D eigenvalue weighted by Gasteiger charge is 2.24. The number of rotatable bonds is 5. The summed E-state index contributed by atoms with van der Waals surface area (Å²) in [5, 5.41) is 3.39. The molecule has 1 N–H and O–H groups in total. The molecule has 11 heteroatoms. The number of hydrogen-bond acceptors (Lipinski definition) is 3. The van der Waals surface area contributed by atoms with Crippen LogP contribution in [0.5, 0.6) is 0 Å². The summed E-state index contributed by atoms with van der Waals surface area (Å²) in [6.07, 6.45) is 0.936. The van der Waals surface area contributed by atoms with E-state index in [4.69, 9.17) is 58.0 Å². The molecule has 5 nitrogen and oxygen atoms in total. The normalized spacial score (nSPS) is 11.3. The number of carbonyl (C=O) groups excluding carboxylic acids is 1. The number of sulfonamides is 1. The number of nitrogens with one attached hydrogen (secondary N) is 1. The molecule has 0 atom stereocenters. The van der Waals surface area contributed by atoms with E-state index in [1.165, 1.54) is 24.3 Å². The quantitative estimate of drug-likeness (QED) is 0.591. The predicted molar refractivity (Wildman–Crippen MR) is 109 cm³/mol. The van der Waals surface area contributed by atoms with Gasteiger partial charge in [0.25, 0.3) is 0 Å². The molecular formula is C15H11Cl5N2O3S. The molecule has 0 aliphatic heterocycles. The monoisotopic (exact) mass is 474 g/mol. The van der Waals surface area contributed by atoms with Crippen LogP contribution in [0.2, 0.25) is 25.1 Å². The Hall–Kier alpha value is -0.890. The minimum atomic E-state index is -3.85. The third-order valence-corrected chi connectivity index (χ3v) is 5.86. The van der Waals surface area contributed by atoms with Crippen LogP contribution >= 0.6 is 58.0 Å². The van der Waals surface area contributed by atoms with Gasteiger partial charge in [-0.2, -0.15) is 0 Å². The van der Waals surface area contributed by atoms with Gasteiger partial charge < -0.3 is 5.32 Å². The highest BCUT2D eigenvalue weighted by Crippen LogP contribution is 2.35. The Kier molecular flexibility index (Phi) is 6.93. The molecule has 26 heavy (non-hydrogen) atoms. The van der Waals surface area contributed by atoms with Crippen LogP contribution in [-0.2, 0) is 14.8 Å². The van der Waals surface area contributed by atoms with Gasteiger partial charge >= 0.3 is 0 Å². The van der Waals surface area contributed by atoms with Crippen molar-refractivity contribution in [2.45, 2.75) is 0 Å². The van der Waals surface area contributed by atoms with Crippen molar-refractivity contribution in [3.63, 3.8) is 0 Å². The molecule has 0 unspecified atom stereocenters. The summed E-state index contributed by atoms with van der Waals surface area (Å²) in [4.78, 5) is 12.3. The molecule has 0 heterocycles. The van der Waals surface area contributed by atoms with Crippen LogP contribution in [0.3, 0.4) is 0 Å². The minimum Gasteiger partial charge on any atom is -0.323 e. The smallest absolute Gasteiger partial charge is 0.245 e. The fourth-order valence-corrected chi connectivity index (χ4v) is 3.89. The van der Waals surface area contributed by atoms with Crippen LogP contribution in [0.4, 0.5) is 11.4 Å². The first kappa shape index (κ1) is 21.4. The summed E-state index contributed by atoms with van der Waals surface area (Å²) in [6, 6.07) is 7.07. The summed E-state index contributed by atoms with van der Waals surface area (Å²) in [7, 11) is -3.85. The molecule has 0 aliphatic rings. The second-order valence-electron chi connectivity index (χ2n) is 5.16. The average molecular weight is 477 g/mol. The van der Waals surface area contributed by atoms with Crippen LogP contribution in [-0.4, -0.2) is 27.1 Å². The zero-order valence-electron chi connectivity index (χ0n) is 13.1. The fraction of sp³-hybridized carbons (Fsp3) is 0.133. The van der Waals surface area contributed by atoms with Crippen molar-refractivity contribution in [3.05, 3.63) is 55.4 Å². The van der Waals surface area contributed by atoms with E-state index < -0.39 is 22.5 Å². The van der Waals surface area contributed by atoms with Crippen molar-refractivity contribution < 1.29 is 13.2 Å². The largest absolute Gasteiger partial charge is 0.323 e. The fourth-order valence-electron chi connectivity index (χ4n) is 2.00. The van der Waals surface area contributed by atoms with E-state index in [1.807, 2.05) is 0 Å². The van der Waals surface area contributed by atoms with Crippen molar-refractivity contribution in [1.29, 1.82) is 0 Å². The number of hydrogen-bond donors (Lipinski definition) is 1. The van der Waals surface area contributed by atoms with E-state index in [2.05, 4.69) is 5.32 Å². The summed E-state index contributed by atoms with van der Waals surface area (Å²) >= 11 is 29.7. The van der Waals surface area contributed by atoms with Crippen molar-refractivity contribution in [2.24, 2.45) is 0 Å². The number of carbonyl (C=O) groups is 1. The Morgan fingerprint density at radius 3 is 2.19 bits per heavy atom. The van der Waals surface area contributed by atoms with Crippen LogP contribution in [0.1, 0.15) is 0 Å². The molecule has 0 saturated carbocycles. The molecule has 0 bridgehead atoms. The molecular weight excluding hydrogens is 466 g/mol. The van der Waals surface area contributed by atoms with Gasteiger partial charge in [0.1, 0.15) is 6.54 Å². The Bertz CT molecular complexity index is 966. The molecule has 0 spiro atoms. The Morgan fingerprint density at radius 2 is 1.58 bits per heavy atom. The van der Waals surface area contributed by atoms with Gasteiger partial charge in [-0.25, -0.2) is 8.42 Å². The second-order valence-corrected chi connectivity index (χ2v) is 9.13. The van der Waals surface area contributed by atoms with Gasteiger partial charge in [0.05, 0.1) is 37.7 Å². The highest BCUT2D eigenvalue weighted by molar-refractivity contribution is 7.92. The molecule has 2 rings (SSSR count). The van der Waals surface area contributed by atoms with Gasteiger partial charge in [-0.1, -0.05) is 58.0 Å². The molecule has 0 fully saturated rings. The second kappa shape index (κ2) is 8.42. The lowest BCUT2D eigenvalue weighted by Gasteiger charge is -2.23. The van der Waals surface area contributed by atoms with Crippen molar-refractivity contribution in [3.8, 4) is 0 Å². The lowest BCUT2D eigenvalue weighted by molar-refractivity contribution is -0.114. The zero-order chi connectivity index (χ0) is 19.6. The first-order valence-corrected chi connectivity index (χ1v) is 10.6. The maximum absolute atomic E-state index is 12.3. The first-order valence-electron chi connectivity index (χ1n) is 6.86. The minimum absolute atomic E-state index is 0.0240. The molecule has 0 saturated heterocycles. The van der Waals surface area contributed by atoms with E-state index in [0.29, 0.717) is 5.02 Å². The molecule has 2 aromatic carbocycles. The summed E-state index contributed by atoms with van der Waals surface area (Å²) < 4.78 is 25.1. The van der Waals surface area contributed by atoms with Gasteiger partial charge in [0.2, 0.25) is 15.9 Å². The van der Waals surface area contributed by atoms with E-state index >= 15 is 0 Å². The molecule has 0 aliphatic carbocycles. The van der Waals surface area contributed by atoms with Gasteiger partial charge in [-0.05, 0) is 30.3 Å².